The summed E-state index contributed by atoms with van der Waals surface area (Å²) >= 11 is 0. The van der Waals surface area contributed by atoms with Crippen LogP contribution in [0.4, 0.5) is 5.69 Å². The van der Waals surface area contributed by atoms with Crippen molar-refractivity contribution in [3.05, 3.63) is 24.3 Å². The molecule has 2 unspecified atom stereocenters. The number of carbonyl (C=O) groups is 1. The van der Waals surface area contributed by atoms with Crippen LogP contribution in [-0.2, 0) is 9.53 Å². The van der Waals surface area contributed by atoms with Crippen molar-refractivity contribution in [2.75, 3.05) is 19.5 Å². The molecule has 0 aromatic heterocycles. The van der Waals surface area contributed by atoms with Gasteiger partial charge in [0.1, 0.15) is 11.8 Å². The Bertz CT molecular complexity index is 375. The highest BCUT2D eigenvalue weighted by Gasteiger charge is 2.24. The summed E-state index contributed by atoms with van der Waals surface area (Å²) in [6.45, 7) is 4.08. The Morgan fingerprint density at radius 3 is 2.33 bits per heavy atom. The predicted molar refractivity (Wildman–Crippen MR) is 71.9 cm³/mol. The lowest BCUT2D eigenvalue weighted by atomic mass is 9.99. The molecule has 1 aromatic rings. The molecule has 18 heavy (non-hydrogen) atoms. The van der Waals surface area contributed by atoms with Crippen LogP contribution in [0.15, 0.2) is 24.3 Å². The first-order chi connectivity index (χ1) is 8.62. The number of carbonyl (C=O) groups excluding carboxylic acids is 1. The summed E-state index contributed by atoms with van der Waals surface area (Å²) in [5.41, 5.74) is 0.881. The van der Waals surface area contributed by atoms with Crippen molar-refractivity contribution in [1.29, 1.82) is 0 Å². The van der Waals surface area contributed by atoms with Gasteiger partial charge in [-0.2, -0.15) is 0 Å². The first-order valence-electron chi connectivity index (χ1n) is 6.10. The van der Waals surface area contributed by atoms with Crippen LogP contribution in [-0.4, -0.2) is 26.2 Å². The highest BCUT2D eigenvalue weighted by molar-refractivity contribution is 5.79. The molecule has 0 saturated carbocycles. The largest absolute Gasteiger partial charge is 0.497 e. The van der Waals surface area contributed by atoms with E-state index in [1.807, 2.05) is 31.2 Å². The molecule has 1 aromatic carbocycles. The van der Waals surface area contributed by atoms with Gasteiger partial charge in [-0.05, 0) is 30.2 Å². The molecule has 0 bridgehead atoms. The van der Waals surface area contributed by atoms with Crippen molar-refractivity contribution >= 4 is 11.7 Å². The molecule has 4 nitrogen and oxygen atoms in total. The van der Waals surface area contributed by atoms with Crippen LogP contribution in [0.25, 0.3) is 0 Å². The first kappa shape index (κ1) is 14.4. The quantitative estimate of drug-likeness (QED) is 0.790. The van der Waals surface area contributed by atoms with E-state index in [0.717, 1.165) is 17.9 Å². The number of nitrogens with one attached hydrogen (secondary N) is 1. The zero-order valence-electron chi connectivity index (χ0n) is 11.4. The Morgan fingerprint density at radius 1 is 1.28 bits per heavy atom. The summed E-state index contributed by atoms with van der Waals surface area (Å²) in [7, 11) is 3.03. The number of anilines is 1. The van der Waals surface area contributed by atoms with Crippen molar-refractivity contribution in [3.8, 4) is 5.75 Å². The average Bonchev–Trinajstić information content (AvgIpc) is 2.43. The molecule has 0 aliphatic heterocycles. The number of hydrogen-bond donors (Lipinski definition) is 1. The van der Waals surface area contributed by atoms with Gasteiger partial charge < -0.3 is 14.8 Å². The number of methoxy groups -OCH3 is 2. The molecule has 2 atom stereocenters. The molecule has 1 N–H and O–H groups in total. The minimum Gasteiger partial charge on any atom is -0.497 e. The van der Waals surface area contributed by atoms with E-state index in [0.29, 0.717) is 0 Å². The van der Waals surface area contributed by atoms with E-state index in [1.54, 1.807) is 7.11 Å². The SMILES string of the molecule is CCC(C)C(Nc1ccc(OC)cc1)C(=O)OC. The normalized spacial score (nSPS) is 13.6. The summed E-state index contributed by atoms with van der Waals surface area (Å²) in [4.78, 5) is 11.7. The van der Waals surface area contributed by atoms with Gasteiger partial charge >= 0.3 is 5.97 Å². The Balaban J connectivity index is 2.78. The zero-order chi connectivity index (χ0) is 13.5. The second-order valence-corrected chi connectivity index (χ2v) is 4.26. The molecule has 0 aliphatic rings. The highest BCUT2D eigenvalue weighted by Crippen LogP contribution is 2.19. The molecule has 4 heteroatoms. The molecular formula is C14H21NO3. The Labute approximate surface area is 108 Å². The van der Waals surface area contributed by atoms with E-state index < -0.39 is 0 Å². The molecule has 1 rings (SSSR count). The molecule has 100 valence electrons. The molecule has 0 aliphatic carbocycles. The van der Waals surface area contributed by atoms with Crippen LogP contribution < -0.4 is 10.1 Å². The zero-order valence-corrected chi connectivity index (χ0v) is 11.4. The fraction of sp³-hybridized carbons (Fsp3) is 0.500. The summed E-state index contributed by atoms with van der Waals surface area (Å²) in [5, 5.41) is 3.20. The minimum atomic E-state index is -0.326. The minimum absolute atomic E-state index is 0.208. The molecule has 0 fully saturated rings. The predicted octanol–water partition coefficient (Wildman–Crippen LogP) is 2.69. The second kappa shape index (κ2) is 6.89. The lowest BCUT2D eigenvalue weighted by molar-refractivity contribution is -0.142. The van der Waals surface area contributed by atoms with E-state index in [9.17, 15) is 4.79 Å². The number of ether oxygens (including phenoxy) is 2. The van der Waals surface area contributed by atoms with Gasteiger partial charge in [0.25, 0.3) is 0 Å². The van der Waals surface area contributed by atoms with Gasteiger partial charge in [0.05, 0.1) is 14.2 Å². The fourth-order valence-corrected chi connectivity index (χ4v) is 1.66. The molecule has 0 spiro atoms. The van der Waals surface area contributed by atoms with Crippen molar-refractivity contribution in [2.45, 2.75) is 26.3 Å². The fourth-order valence-electron chi connectivity index (χ4n) is 1.66. The van der Waals surface area contributed by atoms with E-state index in [4.69, 9.17) is 9.47 Å². The topological polar surface area (TPSA) is 47.6 Å². The van der Waals surface area contributed by atoms with Crippen LogP contribution >= 0.6 is 0 Å². The van der Waals surface area contributed by atoms with Crippen LogP contribution in [0.5, 0.6) is 5.75 Å². The van der Waals surface area contributed by atoms with Gasteiger partial charge in [0.2, 0.25) is 0 Å². The Hall–Kier alpha value is -1.71. The number of esters is 1. The monoisotopic (exact) mass is 251 g/mol. The summed E-state index contributed by atoms with van der Waals surface area (Å²) < 4.78 is 9.92. The van der Waals surface area contributed by atoms with E-state index >= 15 is 0 Å². The molecule has 0 radical (unpaired) electrons. The van der Waals surface area contributed by atoms with E-state index in [2.05, 4.69) is 12.2 Å². The van der Waals surface area contributed by atoms with E-state index in [1.165, 1.54) is 7.11 Å². The van der Waals surface area contributed by atoms with Gasteiger partial charge in [-0.15, -0.1) is 0 Å². The maximum atomic E-state index is 11.7. The summed E-state index contributed by atoms with van der Waals surface area (Å²) in [6.07, 6.45) is 0.906. The number of benzene rings is 1. The van der Waals surface area contributed by atoms with Crippen molar-refractivity contribution in [2.24, 2.45) is 5.92 Å². The van der Waals surface area contributed by atoms with Crippen molar-refractivity contribution < 1.29 is 14.3 Å². The van der Waals surface area contributed by atoms with Gasteiger partial charge in [-0.25, -0.2) is 4.79 Å². The number of hydrogen-bond acceptors (Lipinski definition) is 4. The van der Waals surface area contributed by atoms with Gasteiger partial charge in [-0.3, -0.25) is 0 Å². The maximum absolute atomic E-state index is 11.7. The molecule has 0 amide bonds. The highest BCUT2D eigenvalue weighted by atomic mass is 16.5. The average molecular weight is 251 g/mol. The smallest absolute Gasteiger partial charge is 0.328 e. The lowest BCUT2D eigenvalue weighted by Crippen LogP contribution is -2.36. The van der Waals surface area contributed by atoms with Gasteiger partial charge in [-0.1, -0.05) is 20.3 Å². The van der Waals surface area contributed by atoms with Crippen LogP contribution in [0, 0.1) is 5.92 Å². The third kappa shape index (κ3) is 3.65. The summed E-state index contributed by atoms with van der Waals surface area (Å²) in [6, 6.07) is 7.16. The van der Waals surface area contributed by atoms with Gasteiger partial charge in [0, 0.05) is 5.69 Å². The van der Waals surface area contributed by atoms with Crippen molar-refractivity contribution in [1.82, 2.24) is 0 Å². The van der Waals surface area contributed by atoms with Gasteiger partial charge in [0.15, 0.2) is 0 Å². The van der Waals surface area contributed by atoms with Crippen LogP contribution in [0.3, 0.4) is 0 Å². The standard InChI is InChI=1S/C14H21NO3/c1-5-10(2)13(14(16)18-4)15-11-6-8-12(17-3)9-7-11/h6-10,13,15H,5H2,1-4H3. The maximum Gasteiger partial charge on any atom is 0.328 e. The third-order valence-corrected chi connectivity index (χ3v) is 3.08. The van der Waals surface area contributed by atoms with Crippen LogP contribution in [0.2, 0.25) is 0 Å². The van der Waals surface area contributed by atoms with Crippen LogP contribution in [0.1, 0.15) is 20.3 Å². The van der Waals surface area contributed by atoms with Crippen molar-refractivity contribution in [3.63, 3.8) is 0 Å². The molecule has 0 saturated heterocycles. The first-order valence-corrected chi connectivity index (χ1v) is 6.10. The Kier molecular flexibility index (Phi) is 5.49. The summed E-state index contributed by atoms with van der Waals surface area (Å²) in [5.74, 6) is 0.762. The Morgan fingerprint density at radius 2 is 1.89 bits per heavy atom. The number of rotatable bonds is 6. The lowest BCUT2D eigenvalue weighted by Gasteiger charge is -2.22. The molecule has 0 heterocycles. The van der Waals surface area contributed by atoms with E-state index in [-0.39, 0.29) is 17.9 Å². The second-order valence-electron chi connectivity index (χ2n) is 4.26. The molecular weight excluding hydrogens is 230 g/mol. The third-order valence-electron chi connectivity index (χ3n) is 3.08.